The molecule has 158 valence electrons. The Morgan fingerprint density at radius 3 is 2.55 bits per heavy atom. The van der Waals surface area contributed by atoms with E-state index in [4.69, 9.17) is 0 Å². The van der Waals surface area contributed by atoms with Gasteiger partial charge in [0.2, 0.25) is 5.91 Å². The van der Waals surface area contributed by atoms with Gasteiger partial charge < -0.3 is 5.32 Å². The minimum Gasteiger partial charge on any atom is -0.325 e. The molecule has 2 aromatic carbocycles. The summed E-state index contributed by atoms with van der Waals surface area (Å²) in [7, 11) is 0. The zero-order chi connectivity index (χ0) is 22.0. The Morgan fingerprint density at radius 2 is 1.84 bits per heavy atom. The Bertz CT molecular complexity index is 1290. The molecule has 0 saturated carbocycles. The number of rotatable bonds is 6. The molecule has 5 nitrogen and oxygen atoms in total. The molecule has 0 spiro atoms. The first-order valence-electron chi connectivity index (χ1n) is 9.64. The van der Waals surface area contributed by atoms with Crippen molar-refractivity contribution in [2.75, 3.05) is 11.1 Å². The number of thioether (sulfide) groups is 1. The molecule has 0 aliphatic heterocycles. The molecule has 8 heteroatoms. The lowest BCUT2D eigenvalue weighted by atomic mass is 10.1. The molecule has 0 unspecified atom stereocenters. The van der Waals surface area contributed by atoms with E-state index in [1.165, 1.54) is 35.2 Å². The lowest BCUT2D eigenvalue weighted by Crippen LogP contribution is -2.24. The van der Waals surface area contributed by atoms with Gasteiger partial charge in [-0.05, 0) is 54.1 Å². The second-order valence-electron chi connectivity index (χ2n) is 7.15. The summed E-state index contributed by atoms with van der Waals surface area (Å²) in [5.74, 6) is -0.393. The van der Waals surface area contributed by atoms with Gasteiger partial charge in [-0.1, -0.05) is 42.1 Å². The standard InChI is InChI=1S/C23H20FN3O2S2/c1-14-4-3-5-15(2)20(14)26-19(28)13-31-23-25-18-10-11-30-21(18)22(29)27(23)12-16-6-8-17(24)9-7-16/h3-11H,12-13H2,1-2H3,(H,26,28). The maximum absolute atomic E-state index is 13.3. The molecule has 0 saturated heterocycles. The summed E-state index contributed by atoms with van der Waals surface area (Å²) in [4.78, 5) is 30.3. The van der Waals surface area contributed by atoms with E-state index in [1.54, 1.807) is 22.8 Å². The number of hydrogen-bond acceptors (Lipinski definition) is 5. The SMILES string of the molecule is Cc1cccc(C)c1NC(=O)CSc1nc2ccsc2c(=O)n1Cc1ccc(F)cc1. The number of anilines is 1. The zero-order valence-corrected chi connectivity index (χ0v) is 18.6. The van der Waals surface area contributed by atoms with Crippen LogP contribution in [-0.4, -0.2) is 21.2 Å². The molecule has 4 aromatic rings. The molecular weight excluding hydrogens is 433 g/mol. The molecule has 2 heterocycles. The summed E-state index contributed by atoms with van der Waals surface area (Å²) in [5, 5.41) is 5.23. The molecular formula is C23H20FN3O2S2. The largest absolute Gasteiger partial charge is 0.325 e. The highest BCUT2D eigenvalue weighted by atomic mass is 32.2. The van der Waals surface area contributed by atoms with Gasteiger partial charge in [-0.2, -0.15) is 0 Å². The molecule has 4 rings (SSSR count). The Balaban J connectivity index is 1.59. The van der Waals surface area contributed by atoms with E-state index < -0.39 is 0 Å². The van der Waals surface area contributed by atoms with Gasteiger partial charge in [-0.3, -0.25) is 14.2 Å². The number of para-hydroxylation sites is 1. The van der Waals surface area contributed by atoms with Gasteiger partial charge in [-0.25, -0.2) is 9.37 Å². The molecule has 0 radical (unpaired) electrons. The molecule has 2 aromatic heterocycles. The summed E-state index contributed by atoms with van der Waals surface area (Å²) in [6.45, 7) is 4.14. The van der Waals surface area contributed by atoms with Crippen LogP contribution < -0.4 is 10.9 Å². The Morgan fingerprint density at radius 1 is 1.13 bits per heavy atom. The first kappa shape index (κ1) is 21.3. The highest BCUT2D eigenvalue weighted by Gasteiger charge is 2.15. The number of hydrogen-bond donors (Lipinski definition) is 1. The van der Waals surface area contributed by atoms with Crippen LogP contribution in [0.1, 0.15) is 16.7 Å². The molecule has 1 N–H and O–H groups in total. The van der Waals surface area contributed by atoms with Crippen molar-refractivity contribution in [3.05, 3.63) is 86.8 Å². The lowest BCUT2D eigenvalue weighted by Gasteiger charge is -2.13. The van der Waals surface area contributed by atoms with Gasteiger partial charge in [0.05, 0.1) is 17.8 Å². The first-order valence-corrected chi connectivity index (χ1v) is 11.5. The molecule has 0 atom stereocenters. The minimum absolute atomic E-state index is 0.110. The Hall–Kier alpha value is -2.97. The summed E-state index contributed by atoms with van der Waals surface area (Å²) in [6, 6.07) is 13.6. The van der Waals surface area contributed by atoms with Gasteiger partial charge in [0.15, 0.2) is 5.16 Å². The predicted molar refractivity (Wildman–Crippen MR) is 125 cm³/mol. The van der Waals surface area contributed by atoms with Crippen LogP contribution in [-0.2, 0) is 11.3 Å². The second kappa shape index (κ2) is 9.03. The van der Waals surface area contributed by atoms with Crippen molar-refractivity contribution in [3.8, 4) is 0 Å². The third-order valence-electron chi connectivity index (χ3n) is 4.86. The molecule has 1 amide bonds. The zero-order valence-electron chi connectivity index (χ0n) is 17.0. The molecule has 0 aliphatic rings. The van der Waals surface area contributed by atoms with Crippen LogP contribution in [0, 0.1) is 19.7 Å². The van der Waals surface area contributed by atoms with E-state index in [2.05, 4.69) is 10.3 Å². The number of thiophene rings is 1. The van der Waals surface area contributed by atoms with Crippen molar-refractivity contribution >= 4 is 44.9 Å². The van der Waals surface area contributed by atoms with E-state index in [9.17, 15) is 14.0 Å². The van der Waals surface area contributed by atoms with Gasteiger partial charge in [0.25, 0.3) is 5.56 Å². The van der Waals surface area contributed by atoms with E-state index in [-0.39, 0.29) is 29.6 Å². The quantitative estimate of drug-likeness (QED) is 0.330. The summed E-state index contributed by atoms with van der Waals surface area (Å²) in [6.07, 6.45) is 0. The minimum atomic E-state index is -0.333. The van der Waals surface area contributed by atoms with Crippen LogP contribution in [0.3, 0.4) is 0 Å². The third kappa shape index (κ3) is 4.70. The van der Waals surface area contributed by atoms with Crippen LogP contribution in [0.25, 0.3) is 10.2 Å². The van der Waals surface area contributed by atoms with Crippen molar-refractivity contribution < 1.29 is 9.18 Å². The van der Waals surface area contributed by atoms with E-state index in [0.717, 1.165) is 22.4 Å². The molecule has 0 fully saturated rings. The number of carbonyl (C=O) groups excluding carboxylic acids is 1. The van der Waals surface area contributed by atoms with Gasteiger partial charge in [0, 0.05) is 5.69 Å². The van der Waals surface area contributed by atoms with Crippen LogP contribution in [0.5, 0.6) is 0 Å². The molecule has 0 bridgehead atoms. The second-order valence-corrected chi connectivity index (χ2v) is 9.01. The van der Waals surface area contributed by atoms with Gasteiger partial charge in [0.1, 0.15) is 10.5 Å². The summed E-state index contributed by atoms with van der Waals surface area (Å²) in [5.41, 5.74) is 4.01. The fourth-order valence-corrected chi connectivity index (χ4v) is 4.84. The van der Waals surface area contributed by atoms with Crippen LogP contribution in [0.4, 0.5) is 10.1 Å². The number of carbonyl (C=O) groups is 1. The number of amides is 1. The predicted octanol–water partition coefficient (Wildman–Crippen LogP) is 4.99. The fraction of sp³-hybridized carbons (Fsp3) is 0.174. The van der Waals surface area contributed by atoms with Crippen LogP contribution in [0.15, 0.2) is 63.9 Å². The average Bonchev–Trinajstić information content (AvgIpc) is 3.22. The van der Waals surface area contributed by atoms with E-state index >= 15 is 0 Å². The molecule has 0 aliphatic carbocycles. The summed E-state index contributed by atoms with van der Waals surface area (Å²) < 4.78 is 15.4. The maximum atomic E-state index is 13.3. The van der Waals surface area contributed by atoms with Gasteiger partial charge >= 0.3 is 0 Å². The lowest BCUT2D eigenvalue weighted by molar-refractivity contribution is -0.113. The highest BCUT2D eigenvalue weighted by molar-refractivity contribution is 7.99. The van der Waals surface area contributed by atoms with E-state index in [0.29, 0.717) is 15.4 Å². The van der Waals surface area contributed by atoms with Crippen LogP contribution >= 0.6 is 23.1 Å². The van der Waals surface area contributed by atoms with Crippen molar-refractivity contribution in [1.29, 1.82) is 0 Å². The number of nitrogens with zero attached hydrogens (tertiary/aromatic N) is 2. The smallest absolute Gasteiger partial charge is 0.272 e. The van der Waals surface area contributed by atoms with Crippen LogP contribution in [0.2, 0.25) is 0 Å². The van der Waals surface area contributed by atoms with Gasteiger partial charge in [-0.15, -0.1) is 11.3 Å². The monoisotopic (exact) mass is 453 g/mol. The number of benzene rings is 2. The number of aryl methyl sites for hydroxylation is 2. The summed E-state index contributed by atoms with van der Waals surface area (Å²) >= 11 is 2.55. The highest BCUT2D eigenvalue weighted by Crippen LogP contribution is 2.23. The van der Waals surface area contributed by atoms with Crippen molar-refractivity contribution in [2.45, 2.75) is 25.5 Å². The average molecular weight is 454 g/mol. The van der Waals surface area contributed by atoms with Crippen molar-refractivity contribution in [2.24, 2.45) is 0 Å². The number of halogens is 1. The number of fused-ring (bicyclic) bond motifs is 1. The van der Waals surface area contributed by atoms with E-state index in [1.807, 2.05) is 37.4 Å². The normalized spacial score (nSPS) is 11.1. The Kier molecular flexibility index (Phi) is 6.20. The topological polar surface area (TPSA) is 64.0 Å². The maximum Gasteiger partial charge on any atom is 0.272 e. The van der Waals surface area contributed by atoms with Crippen molar-refractivity contribution in [3.63, 3.8) is 0 Å². The Labute approximate surface area is 187 Å². The number of aromatic nitrogens is 2. The third-order valence-corrected chi connectivity index (χ3v) is 6.73. The first-order chi connectivity index (χ1) is 14.9. The molecule has 31 heavy (non-hydrogen) atoms. The number of nitrogens with one attached hydrogen (secondary N) is 1. The van der Waals surface area contributed by atoms with Crippen molar-refractivity contribution in [1.82, 2.24) is 9.55 Å². The fourth-order valence-electron chi connectivity index (χ4n) is 3.26.